The number of nitrogens with one attached hydrogen (secondary N) is 1. The number of thioether (sulfide) groups is 1. The van der Waals surface area contributed by atoms with Crippen LogP contribution >= 0.6 is 11.8 Å². The number of pyridine rings is 1. The quantitative estimate of drug-likeness (QED) is 0.644. The highest BCUT2D eigenvalue weighted by molar-refractivity contribution is 8.03. The summed E-state index contributed by atoms with van der Waals surface area (Å²) >= 11 is 1.65. The van der Waals surface area contributed by atoms with Gasteiger partial charge in [-0.25, -0.2) is 4.98 Å². The molecule has 0 atom stereocenters. The molecule has 0 fully saturated rings. The Bertz CT molecular complexity index is 763. The van der Waals surface area contributed by atoms with E-state index in [0.717, 1.165) is 45.7 Å². The molecule has 6 heteroatoms. The highest BCUT2D eigenvalue weighted by atomic mass is 32.2. The van der Waals surface area contributed by atoms with E-state index in [9.17, 15) is 0 Å². The molecular formula is C20H28N4OS. The number of nitrogens with zero attached hydrogens (tertiary/aromatic N) is 2. The summed E-state index contributed by atoms with van der Waals surface area (Å²) in [4.78, 5) is 7.73. The molecule has 1 aromatic carbocycles. The topological polar surface area (TPSA) is 63.4 Å². The molecular weight excluding hydrogens is 344 g/mol. The van der Waals surface area contributed by atoms with Crippen LogP contribution in [0.25, 0.3) is 0 Å². The zero-order valence-electron chi connectivity index (χ0n) is 16.0. The van der Waals surface area contributed by atoms with E-state index in [1.165, 1.54) is 5.56 Å². The lowest BCUT2D eigenvalue weighted by Gasteiger charge is -2.28. The van der Waals surface area contributed by atoms with Crippen molar-refractivity contribution in [1.29, 1.82) is 0 Å². The van der Waals surface area contributed by atoms with Crippen molar-refractivity contribution >= 4 is 23.3 Å². The van der Waals surface area contributed by atoms with Crippen molar-refractivity contribution < 1.29 is 4.74 Å². The molecule has 2 aromatic rings. The van der Waals surface area contributed by atoms with E-state index in [1.54, 1.807) is 18.9 Å². The molecule has 0 aliphatic heterocycles. The Morgan fingerprint density at radius 2 is 2.12 bits per heavy atom. The molecule has 0 unspecified atom stereocenters. The summed E-state index contributed by atoms with van der Waals surface area (Å²) in [7, 11) is 3.56. The van der Waals surface area contributed by atoms with Gasteiger partial charge in [0.15, 0.2) is 0 Å². The molecule has 0 aliphatic carbocycles. The van der Waals surface area contributed by atoms with Crippen LogP contribution in [0.3, 0.4) is 0 Å². The molecule has 3 N–H and O–H groups in total. The molecule has 0 saturated heterocycles. The predicted molar refractivity (Wildman–Crippen MR) is 112 cm³/mol. The van der Waals surface area contributed by atoms with Gasteiger partial charge in [0.05, 0.1) is 12.1 Å². The molecule has 0 amide bonds. The van der Waals surface area contributed by atoms with Crippen LogP contribution < -0.4 is 20.7 Å². The summed E-state index contributed by atoms with van der Waals surface area (Å²) in [6.07, 6.45) is 2.70. The first-order chi connectivity index (χ1) is 12.5. The summed E-state index contributed by atoms with van der Waals surface area (Å²) in [6.45, 7) is 9.94. The number of aromatic nitrogens is 1. The van der Waals surface area contributed by atoms with Gasteiger partial charge in [-0.2, -0.15) is 0 Å². The summed E-state index contributed by atoms with van der Waals surface area (Å²) in [5, 5.41) is 4.09. The standard InChI is InChI=1S/C20H28N4OS/c1-14-7-8-17(25-5)13-19(14)26-16(3)24(12-6-10-21)18-9-11-23-20(22-4)15(18)2/h7-9,11,13H,3,6,10,12,21H2,1-2,4-5H3,(H,22,23). The lowest BCUT2D eigenvalue weighted by Crippen LogP contribution is -2.25. The molecule has 140 valence electrons. The highest BCUT2D eigenvalue weighted by Gasteiger charge is 2.16. The Morgan fingerprint density at radius 3 is 2.77 bits per heavy atom. The lowest BCUT2D eigenvalue weighted by atomic mass is 10.2. The maximum Gasteiger partial charge on any atom is 0.130 e. The van der Waals surface area contributed by atoms with Gasteiger partial charge in [-0.15, -0.1) is 0 Å². The van der Waals surface area contributed by atoms with E-state index in [2.05, 4.69) is 41.7 Å². The molecule has 0 bridgehead atoms. The SMILES string of the molecule is C=C(Sc1cc(OC)ccc1C)N(CCCN)c1ccnc(NC)c1C. The third kappa shape index (κ3) is 4.71. The van der Waals surface area contributed by atoms with Gasteiger partial charge in [0.1, 0.15) is 11.6 Å². The molecule has 0 spiro atoms. The van der Waals surface area contributed by atoms with Crippen LogP contribution in [-0.2, 0) is 0 Å². The maximum atomic E-state index is 5.76. The minimum Gasteiger partial charge on any atom is -0.497 e. The number of nitrogens with two attached hydrogens (primary N) is 1. The molecule has 0 saturated carbocycles. The third-order valence-corrected chi connectivity index (χ3v) is 5.33. The number of benzene rings is 1. The second kappa shape index (κ2) is 9.50. The second-order valence-electron chi connectivity index (χ2n) is 5.97. The van der Waals surface area contributed by atoms with Crippen LogP contribution in [0.15, 0.2) is 47.0 Å². The fourth-order valence-electron chi connectivity index (χ4n) is 2.70. The van der Waals surface area contributed by atoms with Gasteiger partial charge in [0.25, 0.3) is 0 Å². The fraction of sp³-hybridized carbons (Fsp3) is 0.350. The molecule has 0 radical (unpaired) electrons. The van der Waals surface area contributed by atoms with Crippen LogP contribution in [-0.4, -0.2) is 32.2 Å². The van der Waals surface area contributed by atoms with Gasteiger partial charge in [-0.3, -0.25) is 0 Å². The van der Waals surface area contributed by atoms with E-state index in [-0.39, 0.29) is 0 Å². The molecule has 5 nitrogen and oxygen atoms in total. The van der Waals surface area contributed by atoms with Crippen LogP contribution in [0.4, 0.5) is 11.5 Å². The summed E-state index contributed by atoms with van der Waals surface area (Å²) in [6, 6.07) is 8.11. The van der Waals surface area contributed by atoms with Gasteiger partial charge in [0.2, 0.25) is 0 Å². The van der Waals surface area contributed by atoms with Crippen molar-refractivity contribution in [3.8, 4) is 5.75 Å². The van der Waals surface area contributed by atoms with Gasteiger partial charge in [-0.05, 0) is 50.6 Å². The molecule has 1 aromatic heterocycles. The monoisotopic (exact) mass is 372 g/mol. The zero-order chi connectivity index (χ0) is 19.1. The molecule has 2 rings (SSSR count). The van der Waals surface area contributed by atoms with Crippen molar-refractivity contribution in [2.75, 3.05) is 37.5 Å². The Labute approximate surface area is 160 Å². The van der Waals surface area contributed by atoms with E-state index in [0.29, 0.717) is 6.54 Å². The van der Waals surface area contributed by atoms with Crippen LogP contribution in [0.2, 0.25) is 0 Å². The van der Waals surface area contributed by atoms with Gasteiger partial charge in [0, 0.05) is 35.9 Å². The van der Waals surface area contributed by atoms with Gasteiger partial charge < -0.3 is 20.7 Å². The Morgan fingerprint density at radius 1 is 1.35 bits per heavy atom. The molecule has 26 heavy (non-hydrogen) atoms. The van der Waals surface area contributed by atoms with Crippen molar-refractivity contribution in [1.82, 2.24) is 4.98 Å². The Balaban J connectivity index is 2.33. The average molecular weight is 373 g/mol. The lowest BCUT2D eigenvalue weighted by molar-refractivity contribution is 0.413. The van der Waals surface area contributed by atoms with Crippen molar-refractivity contribution in [2.45, 2.75) is 25.2 Å². The first kappa shape index (κ1) is 20.1. The van der Waals surface area contributed by atoms with Crippen molar-refractivity contribution in [3.63, 3.8) is 0 Å². The van der Waals surface area contributed by atoms with Crippen LogP contribution in [0.5, 0.6) is 5.75 Å². The van der Waals surface area contributed by atoms with Gasteiger partial charge >= 0.3 is 0 Å². The normalized spacial score (nSPS) is 10.5. The number of hydrogen-bond acceptors (Lipinski definition) is 6. The summed E-state index contributed by atoms with van der Waals surface area (Å²) in [5.74, 6) is 1.72. The first-order valence-electron chi connectivity index (χ1n) is 8.64. The average Bonchev–Trinajstić information content (AvgIpc) is 2.65. The third-order valence-electron chi connectivity index (χ3n) is 4.21. The predicted octanol–water partition coefficient (Wildman–Crippen LogP) is 4.17. The minimum absolute atomic E-state index is 0.635. The Hall–Kier alpha value is -2.18. The maximum absolute atomic E-state index is 5.76. The second-order valence-corrected chi connectivity index (χ2v) is 7.09. The summed E-state index contributed by atoms with van der Waals surface area (Å²) < 4.78 is 5.36. The Kier molecular flexibility index (Phi) is 7.36. The minimum atomic E-state index is 0.635. The molecule has 1 heterocycles. The molecule has 0 aliphatic rings. The van der Waals surface area contributed by atoms with E-state index in [4.69, 9.17) is 10.5 Å². The van der Waals surface area contributed by atoms with E-state index >= 15 is 0 Å². The van der Waals surface area contributed by atoms with E-state index < -0.39 is 0 Å². The number of anilines is 2. The number of hydrogen-bond donors (Lipinski definition) is 2. The van der Waals surface area contributed by atoms with Crippen molar-refractivity contribution in [2.24, 2.45) is 5.73 Å². The highest BCUT2D eigenvalue weighted by Crippen LogP contribution is 2.37. The van der Waals surface area contributed by atoms with Crippen LogP contribution in [0, 0.1) is 13.8 Å². The van der Waals surface area contributed by atoms with Crippen LogP contribution in [0.1, 0.15) is 17.5 Å². The summed E-state index contributed by atoms with van der Waals surface area (Å²) in [5.41, 5.74) is 9.14. The largest absolute Gasteiger partial charge is 0.497 e. The number of methoxy groups -OCH3 is 1. The first-order valence-corrected chi connectivity index (χ1v) is 9.45. The van der Waals surface area contributed by atoms with E-state index in [1.807, 2.05) is 31.4 Å². The number of ether oxygens (including phenoxy) is 1. The van der Waals surface area contributed by atoms with Gasteiger partial charge in [-0.1, -0.05) is 24.4 Å². The van der Waals surface area contributed by atoms with Crippen molar-refractivity contribution in [3.05, 3.63) is 53.2 Å². The smallest absolute Gasteiger partial charge is 0.130 e. The zero-order valence-corrected chi connectivity index (χ0v) is 16.8. The number of aryl methyl sites for hydroxylation is 1. The fourth-order valence-corrected chi connectivity index (χ4v) is 3.66. The number of rotatable bonds is 9.